The molecule has 0 aliphatic carbocycles. The zero-order valence-electron chi connectivity index (χ0n) is 18.2. The summed E-state index contributed by atoms with van der Waals surface area (Å²) in [6, 6.07) is 9.95. The second-order valence-electron chi connectivity index (χ2n) is 8.29. The van der Waals surface area contributed by atoms with Gasteiger partial charge in [0.25, 0.3) is 10.0 Å². The maximum Gasteiger partial charge on any atom is 0.261 e. The predicted octanol–water partition coefficient (Wildman–Crippen LogP) is 3.92. The summed E-state index contributed by atoms with van der Waals surface area (Å²) in [6.07, 6.45) is 4.11. The van der Waals surface area contributed by atoms with Crippen LogP contribution in [-0.4, -0.2) is 43.5 Å². The molecule has 1 atom stereocenters. The number of amides is 2. The van der Waals surface area contributed by atoms with Crippen molar-refractivity contribution in [2.24, 2.45) is 0 Å². The molecule has 2 amide bonds. The number of carbonyl (C=O) groups excluding carboxylic acids is 2. The number of hydrogen-bond donors (Lipinski definition) is 2. The summed E-state index contributed by atoms with van der Waals surface area (Å²) in [7, 11) is -3.83. The van der Waals surface area contributed by atoms with Crippen LogP contribution in [0.15, 0.2) is 46.2 Å². The lowest BCUT2D eigenvalue weighted by molar-refractivity contribution is -0.133. The minimum absolute atomic E-state index is 0.0488. The predicted molar refractivity (Wildman–Crippen MR) is 126 cm³/mol. The van der Waals surface area contributed by atoms with Gasteiger partial charge < -0.3 is 10.2 Å². The van der Waals surface area contributed by atoms with Crippen molar-refractivity contribution in [3.05, 3.63) is 47.5 Å². The Bertz CT molecular complexity index is 1160. The molecule has 32 heavy (non-hydrogen) atoms. The maximum atomic E-state index is 12.9. The number of carbonyl (C=O) groups is 2. The van der Waals surface area contributed by atoms with Gasteiger partial charge in [0.05, 0.1) is 10.6 Å². The summed E-state index contributed by atoms with van der Waals surface area (Å²) in [4.78, 5) is 28.2. The second-order valence-corrected chi connectivity index (χ2v) is 11.1. The van der Waals surface area contributed by atoms with E-state index in [4.69, 9.17) is 0 Å². The van der Waals surface area contributed by atoms with Crippen molar-refractivity contribution in [1.29, 1.82) is 0 Å². The van der Waals surface area contributed by atoms with Gasteiger partial charge in [-0.15, -0.1) is 11.8 Å². The lowest BCUT2D eigenvalue weighted by Gasteiger charge is -2.28. The van der Waals surface area contributed by atoms with Gasteiger partial charge in [0.2, 0.25) is 11.8 Å². The average Bonchev–Trinajstić information content (AvgIpc) is 3.04. The van der Waals surface area contributed by atoms with Crippen LogP contribution >= 0.6 is 11.8 Å². The Kier molecular flexibility index (Phi) is 6.48. The summed E-state index contributed by atoms with van der Waals surface area (Å²) in [5.41, 5.74) is 2.94. The minimum Gasteiger partial charge on any atom is -0.341 e. The van der Waals surface area contributed by atoms with Gasteiger partial charge in [-0.05, 0) is 68.1 Å². The SMILES string of the molecule is Cc1ccc(NS(=O)(=O)c2ccc3c(c2)NC(=O)C(C(=O)N2CCCCCC2)S3)cc1C. The van der Waals surface area contributed by atoms with Gasteiger partial charge in [-0.1, -0.05) is 18.9 Å². The van der Waals surface area contributed by atoms with E-state index in [9.17, 15) is 18.0 Å². The Labute approximate surface area is 193 Å². The number of aryl methyl sites for hydroxylation is 2. The monoisotopic (exact) mass is 473 g/mol. The summed E-state index contributed by atoms with van der Waals surface area (Å²) in [6.45, 7) is 5.24. The lowest BCUT2D eigenvalue weighted by Crippen LogP contribution is -2.45. The van der Waals surface area contributed by atoms with Gasteiger partial charge in [-0.2, -0.15) is 0 Å². The van der Waals surface area contributed by atoms with Crippen LogP contribution in [0, 0.1) is 13.8 Å². The number of likely N-dealkylation sites (tertiary alicyclic amines) is 1. The molecule has 0 radical (unpaired) electrons. The number of anilines is 2. The van der Waals surface area contributed by atoms with Gasteiger partial charge in [0, 0.05) is 23.7 Å². The second kappa shape index (κ2) is 9.15. The van der Waals surface area contributed by atoms with Crippen LogP contribution in [0.25, 0.3) is 0 Å². The Hall–Kier alpha value is -2.52. The molecule has 4 rings (SSSR count). The molecule has 0 spiro atoms. The van der Waals surface area contributed by atoms with E-state index in [1.807, 2.05) is 19.9 Å². The molecule has 1 fully saturated rings. The van der Waals surface area contributed by atoms with Gasteiger partial charge >= 0.3 is 0 Å². The van der Waals surface area contributed by atoms with Crippen LogP contribution in [-0.2, 0) is 19.6 Å². The number of sulfonamides is 1. The Morgan fingerprint density at radius 1 is 1.03 bits per heavy atom. The van der Waals surface area contributed by atoms with Crippen molar-refractivity contribution >= 4 is 45.0 Å². The molecule has 0 saturated carbocycles. The van der Waals surface area contributed by atoms with Crippen LogP contribution in [0.1, 0.15) is 36.8 Å². The molecule has 170 valence electrons. The van der Waals surface area contributed by atoms with Crippen molar-refractivity contribution in [3.8, 4) is 0 Å². The van der Waals surface area contributed by atoms with E-state index in [2.05, 4.69) is 10.0 Å². The highest BCUT2D eigenvalue weighted by molar-refractivity contribution is 8.01. The first kappa shape index (κ1) is 22.7. The topological polar surface area (TPSA) is 95.6 Å². The molecule has 1 saturated heterocycles. The number of thioether (sulfide) groups is 1. The highest BCUT2D eigenvalue weighted by atomic mass is 32.2. The minimum atomic E-state index is -3.83. The molecule has 2 heterocycles. The van der Waals surface area contributed by atoms with Crippen LogP contribution in [0.5, 0.6) is 0 Å². The van der Waals surface area contributed by atoms with Crippen LogP contribution in [0.2, 0.25) is 0 Å². The highest BCUT2D eigenvalue weighted by Crippen LogP contribution is 2.38. The summed E-state index contributed by atoms with van der Waals surface area (Å²) in [5.74, 6) is -0.582. The zero-order chi connectivity index (χ0) is 22.9. The first-order valence-corrected chi connectivity index (χ1v) is 13.1. The molecule has 2 N–H and O–H groups in total. The van der Waals surface area contributed by atoms with E-state index in [-0.39, 0.29) is 10.8 Å². The molecule has 2 aliphatic rings. The van der Waals surface area contributed by atoms with Crippen molar-refractivity contribution in [2.75, 3.05) is 23.1 Å². The van der Waals surface area contributed by atoms with Gasteiger partial charge in [0.15, 0.2) is 5.25 Å². The van der Waals surface area contributed by atoms with Crippen LogP contribution in [0.3, 0.4) is 0 Å². The number of nitrogens with zero attached hydrogens (tertiary/aromatic N) is 1. The number of benzene rings is 2. The third-order valence-electron chi connectivity index (χ3n) is 5.90. The molecule has 0 bridgehead atoms. The van der Waals surface area contributed by atoms with Gasteiger partial charge in [-0.3, -0.25) is 14.3 Å². The Balaban J connectivity index is 1.53. The number of nitrogens with one attached hydrogen (secondary N) is 2. The average molecular weight is 474 g/mol. The first-order chi connectivity index (χ1) is 15.2. The quantitative estimate of drug-likeness (QED) is 0.656. The number of hydrogen-bond acceptors (Lipinski definition) is 5. The van der Waals surface area contributed by atoms with Crippen LogP contribution in [0.4, 0.5) is 11.4 Å². The van der Waals surface area contributed by atoms with E-state index in [0.29, 0.717) is 29.4 Å². The van der Waals surface area contributed by atoms with Crippen molar-refractivity contribution in [3.63, 3.8) is 0 Å². The molecule has 0 aromatic heterocycles. The van der Waals surface area contributed by atoms with E-state index in [0.717, 1.165) is 36.8 Å². The first-order valence-electron chi connectivity index (χ1n) is 10.7. The smallest absolute Gasteiger partial charge is 0.261 e. The third-order valence-corrected chi connectivity index (χ3v) is 8.54. The standard InChI is InChI=1S/C23H27N3O4S2/c1-15-7-8-17(13-16(15)2)25-32(29,30)18-9-10-20-19(14-18)24-22(27)21(31-20)23(28)26-11-5-3-4-6-12-26/h7-10,13-14,21,25H,3-6,11-12H2,1-2H3,(H,24,27). The number of rotatable bonds is 4. The zero-order valence-corrected chi connectivity index (χ0v) is 19.8. The molecule has 9 heteroatoms. The Morgan fingerprint density at radius 2 is 1.75 bits per heavy atom. The van der Waals surface area contributed by atoms with E-state index >= 15 is 0 Å². The fourth-order valence-electron chi connectivity index (χ4n) is 3.89. The summed E-state index contributed by atoms with van der Waals surface area (Å²) in [5, 5.41) is 1.89. The molecule has 2 aromatic rings. The largest absolute Gasteiger partial charge is 0.341 e. The normalized spacial score (nSPS) is 19.0. The summed E-state index contributed by atoms with van der Waals surface area (Å²) >= 11 is 1.18. The molecule has 2 aromatic carbocycles. The fourth-order valence-corrected chi connectivity index (χ4v) is 6.02. The van der Waals surface area contributed by atoms with E-state index < -0.39 is 21.2 Å². The maximum absolute atomic E-state index is 12.9. The third kappa shape index (κ3) is 4.78. The Morgan fingerprint density at radius 3 is 2.44 bits per heavy atom. The highest BCUT2D eigenvalue weighted by Gasteiger charge is 2.36. The fraction of sp³-hybridized carbons (Fsp3) is 0.391. The molecular formula is C23H27N3O4S2. The molecular weight excluding hydrogens is 446 g/mol. The molecule has 2 aliphatic heterocycles. The van der Waals surface area contributed by atoms with Crippen molar-refractivity contribution < 1.29 is 18.0 Å². The van der Waals surface area contributed by atoms with E-state index in [1.165, 1.54) is 23.9 Å². The van der Waals surface area contributed by atoms with Crippen LogP contribution < -0.4 is 10.0 Å². The van der Waals surface area contributed by atoms with E-state index in [1.54, 1.807) is 23.1 Å². The van der Waals surface area contributed by atoms with Gasteiger partial charge in [-0.25, -0.2) is 8.42 Å². The number of fused-ring (bicyclic) bond motifs is 1. The lowest BCUT2D eigenvalue weighted by atomic mass is 10.1. The van der Waals surface area contributed by atoms with Gasteiger partial charge in [0.1, 0.15) is 0 Å². The molecule has 1 unspecified atom stereocenters. The molecule has 7 nitrogen and oxygen atoms in total. The van der Waals surface area contributed by atoms with Crippen molar-refractivity contribution in [1.82, 2.24) is 4.90 Å². The van der Waals surface area contributed by atoms with Crippen molar-refractivity contribution in [2.45, 2.75) is 54.6 Å². The summed E-state index contributed by atoms with van der Waals surface area (Å²) < 4.78 is 28.4.